The Hall–Kier alpha value is -2.54. The van der Waals surface area contributed by atoms with Crippen molar-refractivity contribution >= 4 is 23.1 Å². The van der Waals surface area contributed by atoms with Crippen LogP contribution < -0.4 is 10.6 Å². The SMILES string of the molecule is CC(C)NC(=O)OCC1OC(n2cnc3c(N[C@@H]4CCOC4)ncnc32)C(O)C1O. The number of aliphatic hydroxyl groups is 2. The lowest BCUT2D eigenvalue weighted by atomic mass is 10.1. The molecular weight excluding hydrogens is 396 g/mol. The van der Waals surface area contributed by atoms with Crippen LogP contribution in [0.5, 0.6) is 0 Å². The Balaban J connectivity index is 1.48. The molecule has 0 bridgehead atoms. The number of nitrogens with zero attached hydrogens (tertiary/aromatic N) is 4. The highest BCUT2D eigenvalue weighted by atomic mass is 16.6. The molecule has 2 aromatic rings. The Bertz CT molecular complexity index is 885. The van der Waals surface area contributed by atoms with Crippen molar-refractivity contribution < 1.29 is 29.2 Å². The number of fused-ring (bicyclic) bond motifs is 1. The van der Waals surface area contributed by atoms with Crippen molar-refractivity contribution in [3.8, 4) is 0 Å². The summed E-state index contributed by atoms with van der Waals surface area (Å²) in [7, 11) is 0. The van der Waals surface area contributed by atoms with E-state index < -0.39 is 30.6 Å². The van der Waals surface area contributed by atoms with E-state index in [0.717, 1.165) is 6.42 Å². The average molecular weight is 422 g/mol. The number of anilines is 1. The summed E-state index contributed by atoms with van der Waals surface area (Å²) in [6.45, 7) is 4.69. The Morgan fingerprint density at radius 3 is 2.90 bits per heavy atom. The van der Waals surface area contributed by atoms with Crippen LogP contribution in [0.2, 0.25) is 0 Å². The number of hydrogen-bond donors (Lipinski definition) is 4. The lowest BCUT2D eigenvalue weighted by Gasteiger charge is -2.17. The number of imidazole rings is 1. The highest BCUT2D eigenvalue weighted by Gasteiger charge is 2.45. The minimum absolute atomic E-state index is 0.0825. The molecule has 2 aromatic heterocycles. The fraction of sp³-hybridized carbons (Fsp3) is 0.667. The van der Waals surface area contributed by atoms with Gasteiger partial charge in [0.25, 0.3) is 0 Å². The monoisotopic (exact) mass is 422 g/mol. The zero-order chi connectivity index (χ0) is 21.3. The van der Waals surface area contributed by atoms with Gasteiger partial charge in [0, 0.05) is 12.6 Å². The summed E-state index contributed by atoms with van der Waals surface area (Å²) in [5.41, 5.74) is 0.965. The summed E-state index contributed by atoms with van der Waals surface area (Å²) in [6.07, 6.45) is -1.20. The summed E-state index contributed by atoms with van der Waals surface area (Å²) in [4.78, 5) is 24.6. The lowest BCUT2D eigenvalue weighted by Crippen LogP contribution is -2.37. The van der Waals surface area contributed by atoms with E-state index in [9.17, 15) is 15.0 Å². The number of alkyl carbamates (subject to hydrolysis) is 1. The van der Waals surface area contributed by atoms with Crippen LogP contribution in [0, 0.1) is 0 Å². The van der Waals surface area contributed by atoms with Crippen molar-refractivity contribution in [1.82, 2.24) is 24.8 Å². The summed E-state index contributed by atoms with van der Waals surface area (Å²) in [5, 5.41) is 26.8. The third-order valence-corrected chi connectivity index (χ3v) is 5.03. The molecule has 164 valence electrons. The smallest absolute Gasteiger partial charge is 0.407 e. The molecule has 12 heteroatoms. The molecule has 0 spiro atoms. The number of carbonyl (C=O) groups excluding carboxylic acids is 1. The van der Waals surface area contributed by atoms with E-state index in [1.54, 1.807) is 13.8 Å². The van der Waals surface area contributed by atoms with Crippen LogP contribution in [0.1, 0.15) is 26.5 Å². The highest BCUT2D eigenvalue weighted by molar-refractivity contribution is 5.82. The number of nitrogens with one attached hydrogen (secondary N) is 2. The Kier molecular flexibility index (Phi) is 5.99. The maximum absolute atomic E-state index is 11.7. The van der Waals surface area contributed by atoms with Crippen LogP contribution in [0.15, 0.2) is 12.7 Å². The summed E-state index contributed by atoms with van der Waals surface area (Å²) in [6, 6.07) is 0.0581. The van der Waals surface area contributed by atoms with Crippen molar-refractivity contribution in [2.75, 3.05) is 25.1 Å². The second kappa shape index (κ2) is 8.68. The van der Waals surface area contributed by atoms with Gasteiger partial charge in [0.2, 0.25) is 0 Å². The summed E-state index contributed by atoms with van der Waals surface area (Å²) >= 11 is 0. The number of aromatic nitrogens is 4. The molecule has 5 atom stereocenters. The van der Waals surface area contributed by atoms with E-state index >= 15 is 0 Å². The molecule has 12 nitrogen and oxygen atoms in total. The Morgan fingerprint density at radius 1 is 1.33 bits per heavy atom. The molecule has 30 heavy (non-hydrogen) atoms. The maximum atomic E-state index is 11.7. The quantitative estimate of drug-likeness (QED) is 0.491. The predicted molar refractivity (Wildman–Crippen MR) is 104 cm³/mol. The third kappa shape index (κ3) is 4.17. The first kappa shape index (κ1) is 20.7. The van der Waals surface area contributed by atoms with Gasteiger partial charge in [0.1, 0.15) is 31.2 Å². The molecule has 0 radical (unpaired) electrons. The highest BCUT2D eigenvalue weighted by Crippen LogP contribution is 2.32. The van der Waals surface area contributed by atoms with Crippen molar-refractivity contribution in [3.05, 3.63) is 12.7 Å². The van der Waals surface area contributed by atoms with E-state index in [-0.39, 0.29) is 18.7 Å². The molecule has 0 aromatic carbocycles. The number of aliphatic hydroxyl groups excluding tert-OH is 2. The van der Waals surface area contributed by atoms with Gasteiger partial charge in [0.05, 0.1) is 19.0 Å². The standard InChI is InChI=1S/C18H26N6O6/c1-9(2)22-18(27)29-6-11-13(25)14(26)17(30-11)24-8-21-12-15(19-7-20-16(12)24)23-10-3-4-28-5-10/h7-11,13-14,17,25-26H,3-6H2,1-2H3,(H,22,27)(H,19,20,23)/t10-,11?,13?,14?,17?/m1/s1. The predicted octanol–water partition coefficient (Wildman–Crippen LogP) is -0.219. The summed E-state index contributed by atoms with van der Waals surface area (Å²) in [5.74, 6) is 0.563. The number of rotatable bonds is 6. The maximum Gasteiger partial charge on any atom is 0.407 e. The van der Waals surface area contributed by atoms with Crippen molar-refractivity contribution in [2.45, 2.75) is 56.9 Å². The molecule has 2 saturated heterocycles. The molecule has 2 aliphatic heterocycles. The second-order valence-corrected chi connectivity index (χ2v) is 7.69. The van der Waals surface area contributed by atoms with Crippen molar-refractivity contribution in [1.29, 1.82) is 0 Å². The van der Waals surface area contributed by atoms with Gasteiger partial charge in [-0.25, -0.2) is 19.7 Å². The molecule has 4 unspecified atom stereocenters. The van der Waals surface area contributed by atoms with Gasteiger partial charge in [-0.1, -0.05) is 0 Å². The van der Waals surface area contributed by atoms with E-state index in [1.165, 1.54) is 17.2 Å². The molecule has 4 N–H and O–H groups in total. The largest absolute Gasteiger partial charge is 0.447 e. The van der Waals surface area contributed by atoms with Crippen LogP contribution in [-0.2, 0) is 14.2 Å². The molecule has 0 aliphatic carbocycles. The Morgan fingerprint density at radius 2 is 2.17 bits per heavy atom. The first-order valence-corrected chi connectivity index (χ1v) is 9.90. The van der Waals surface area contributed by atoms with Gasteiger partial charge in [-0.3, -0.25) is 4.57 Å². The zero-order valence-electron chi connectivity index (χ0n) is 16.8. The van der Waals surface area contributed by atoms with Crippen LogP contribution in [-0.4, -0.2) is 86.0 Å². The number of amides is 1. The van der Waals surface area contributed by atoms with Gasteiger partial charge in [-0.05, 0) is 20.3 Å². The molecule has 4 rings (SSSR count). The number of hydrogen-bond acceptors (Lipinski definition) is 10. The first-order chi connectivity index (χ1) is 14.4. The van der Waals surface area contributed by atoms with Gasteiger partial charge < -0.3 is 35.1 Å². The zero-order valence-corrected chi connectivity index (χ0v) is 16.8. The van der Waals surface area contributed by atoms with Crippen LogP contribution in [0.4, 0.5) is 10.6 Å². The normalized spacial score (nSPS) is 28.9. The average Bonchev–Trinajstić information content (AvgIpc) is 3.42. The number of carbonyl (C=O) groups is 1. The minimum Gasteiger partial charge on any atom is -0.447 e. The van der Waals surface area contributed by atoms with E-state index in [4.69, 9.17) is 14.2 Å². The topological polar surface area (TPSA) is 153 Å². The molecular formula is C18H26N6O6. The van der Waals surface area contributed by atoms with E-state index in [2.05, 4.69) is 25.6 Å². The van der Waals surface area contributed by atoms with Crippen LogP contribution in [0.25, 0.3) is 11.2 Å². The third-order valence-electron chi connectivity index (χ3n) is 5.03. The summed E-state index contributed by atoms with van der Waals surface area (Å²) < 4.78 is 17.8. The van der Waals surface area contributed by atoms with Gasteiger partial charge in [-0.2, -0.15) is 0 Å². The van der Waals surface area contributed by atoms with E-state index in [1.807, 2.05) is 0 Å². The Labute approximate surface area is 172 Å². The van der Waals surface area contributed by atoms with Crippen molar-refractivity contribution in [2.24, 2.45) is 0 Å². The van der Waals surface area contributed by atoms with Gasteiger partial charge in [-0.15, -0.1) is 0 Å². The molecule has 2 fully saturated rings. The number of ether oxygens (including phenoxy) is 3. The van der Waals surface area contributed by atoms with Gasteiger partial charge in [0.15, 0.2) is 23.2 Å². The first-order valence-electron chi connectivity index (χ1n) is 9.90. The molecule has 2 aliphatic rings. The van der Waals surface area contributed by atoms with Crippen LogP contribution in [0.3, 0.4) is 0 Å². The second-order valence-electron chi connectivity index (χ2n) is 7.69. The molecule has 1 amide bonds. The molecule has 0 saturated carbocycles. The fourth-order valence-corrected chi connectivity index (χ4v) is 3.52. The minimum atomic E-state index is -1.25. The lowest BCUT2D eigenvalue weighted by molar-refractivity contribution is -0.0534. The van der Waals surface area contributed by atoms with E-state index in [0.29, 0.717) is 30.2 Å². The molecule has 4 heterocycles. The van der Waals surface area contributed by atoms with Crippen molar-refractivity contribution in [3.63, 3.8) is 0 Å². The van der Waals surface area contributed by atoms with Gasteiger partial charge >= 0.3 is 6.09 Å². The van der Waals surface area contributed by atoms with Crippen LogP contribution >= 0.6 is 0 Å². The fourth-order valence-electron chi connectivity index (χ4n) is 3.52.